The molecule has 2 aromatic carbocycles. The summed E-state index contributed by atoms with van der Waals surface area (Å²) in [6.07, 6.45) is 0.324. The van der Waals surface area contributed by atoms with Crippen LogP contribution in [0.5, 0.6) is 0 Å². The van der Waals surface area contributed by atoms with Crippen LogP contribution in [0.2, 0.25) is 0 Å². The molecule has 24 heavy (non-hydrogen) atoms. The van der Waals surface area contributed by atoms with E-state index in [1.165, 1.54) is 0 Å². The van der Waals surface area contributed by atoms with E-state index in [0.29, 0.717) is 6.42 Å². The Labute approximate surface area is 141 Å². The molecule has 120 valence electrons. The third-order valence-corrected chi connectivity index (χ3v) is 4.66. The minimum atomic E-state index is 0.117. The Kier molecular flexibility index (Phi) is 3.53. The number of nitrogens with zero attached hydrogens (tertiary/aromatic N) is 3. The minimum absolute atomic E-state index is 0.117. The second-order valence-corrected chi connectivity index (χ2v) is 6.01. The normalized spacial score (nSPS) is 12.8. The Hall–Kier alpha value is -2.75. The van der Waals surface area contributed by atoms with Crippen LogP contribution >= 0.6 is 0 Å². The van der Waals surface area contributed by atoms with Crippen molar-refractivity contribution in [3.05, 3.63) is 53.7 Å². The zero-order valence-electron chi connectivity index (χ0n) is 13.9. The van der Waals surface area contributed by atoms with Crippen LogP contribution in [0.3, 0.4) is 0 Å². The van der Waals surface area contributed by atoms with Gasteiger partial charge < -0.3 is 4.90 Å². The summed E-state index contributed by atoms with van der Waals surface area (Å²) in [5, 5.41) is 0. The SMILES string of the molecule is CCN(CC)c1ccc2nc3c(nc2c1)CC(=O)c1ccccc1-3. The van der Waals surface area contributed by atoms with E-state index in [1.54, 1.807) is 0 Å². The van der Waals surface area contributed by atoms with Gasteiger partial charge in [-0.1, -0.05) is 24.3 Å². The molecule has 1 aliphatic carbocycles. The van der Waals surface area contributed by atoms with Gasteiger partial charge in [-0.3, -0.25) is 4.79 Å². The summed E-state index contributed by atoms with van der Waals surface area (Å²) >= 11 is 0. The van der Waals surface area contributed by atoms with E-state index in [0.717, 1.165) is 52.3 Å². The molecule has 0 radical (unpaired) electrons. The molecule has 4 nitrogen and oxygen atoms in total. The maximum absolute atomic E-state index is 12.4. The summed E-state index contributed by atoms with van der Waals surface area (Å²) in [4.78, 5) is 24.2. The molecule has 1 aromatic heterocycles. The van der Waals surface area contributed by atoms with Gasteiger partial charge in [-0.2, -0.15) is 0 Å². The summed E-state index contributed by atoms with van der Waals surface area (Å²) in [6, 6.07) is 13.8. The number of ketones is 1. The molecule has 0 saturated carbocycles. The molecule has 4 rings (SSSR count). The Bertz CT molecular complexity index is 945. The second-order valence-electron chi connectivity index (χ2n) is 6.01. The molecule has 3 aromatic rings. The van der Waals surface area contributed by atoms with E-state index < -0.39 is 0 Å². The number of hydrogen-bond donors (Lipinski definition) is 0. The molecule has 1 aliphatic rings. The van der Waals surface area contributed by atoms with E-state index in [4.69, 9.17) is 9.97 Å². The van der Waals surface area contributed by atoms with Crippen molar-refractivity contribution in [1.82, 2.24) is 9.97 Å². The number of Topliss-reactive ketones (excluding diaryl/α,β-unsaturated/α-hetero) is 1. The maximum atomic E-state index is 12.4. The van der Waals surface area contributed by atoms with Crippen LogP contribution in [-0.2, 0) is 6.42 Å². The fraction of sp³-hybridized carbons (Fsp3) is 0.250. The van der Waals surface area contributed by atoms with E-state index in [2.05, 4.69) is 30.9 Å². The highest BCUT2D eigenvalue weighted by Gasteiger charge is 2.25. The predicted molar refractivity (Wildman–Crippen MR) is 96.6 cm³/mol. The van der Waals surface area contributed by atoms with Crippen LogP contribution in [0.4, 0.5) is 5.69 Å². The van der Waals surface area contributed by atoms with Crippen molar-refractivity contribution in [1.29, 1.82) is 0 Å². The quantitative estimate of drug-likeness (QED) is 0.735. The summed E-state index contributed by atoms with van der Waals surface area (Å²) in [6.45, 7) is 6.18. The highest BCUT2D eigenvalue weighted by molar-refractivity contribution is 6.06. The summed E-state index contributed by atoms with van der Waals surface area (Å²) in [7, 11) is 0. The van der Waals surface area contributed by atoms with Gasteiger partial charge in [-0.15, -0.1) is 0 Å². The Balaban J connectivity index is 1.90. The molecular weight excluding hydrogens is 298 g/mol. The molecule has 4 heteroatoms. The topological polar surface area (TPSA) is 46.1 Å². The standard InChI is InChI=1S/C20H19N3O/c1-3-23(4-2)13-9-10-16-17(11-13)21-18-12-19(24)14-7-5-6-8-15(14)20(18)22-16/h5-11H,3-4,12H2,1-2H3. The fourth-order valence-corrected chi connectivity index (χ4v) is 3.38. The fourth-order valence-electron chi connectivity index (χ4n) is 3.38. The highest BCUT2D eigenvalue weighted by atomic mass is 16.1. The Morgan fingerprint density at radius 3 is 2.46 bits per heavy atom. The van der Waals surface area contributed by atoms with Gasteiger partial charge in [0.25, 0.3) is 0 Å². The van der Waals surface area contributed by atoms with Crippen molar-refractivity contribution in [2.45, 2.75) is 20.3 Å². The number of fused-ring (bicyclic) bond motifs is 4. The zero-order valence-corrected chi connectivity index (χ0v) is 13.9. The second kappa shape index (κ2) is 5.71. The van der Waals surface area contributed by atoms with Crippen molar-refractivity contribution < 1.29 is 4.79 Å². The Morgan fingerprint density at radius 2 is 1.71 bits per heavy atom. The molecule has 0 bridgehead atoms. The molecule has 0 fully saturated rings. The van der Waals surface area contributed by atoms with Gasteiger partial charge in [0.05, 0.1) is 28.8 Å². The minimum Gasteiger partial charge on any atom is -0.372 e. The zero-order chi connectivity index (χ0) is 16.7. The molecule has 0 amide bonds. The van der Waals surface area contributed by atoms with Crippen molar-refractivity contribution in [2.75, 3.05) is 18.0 Å². The first kappa shape index (κ1) is 14.8. The average Bonchev–Trinajstić information content (AvgIpc) is 2.62. The first-order chi connectivity index (χ1) is 11.7. The highest BCUT2D eigenvalue weighted by Crippen LogP contribution is 2.32. The largest absolute Gasteiger partial charge is 0.372 e. The lowest BCUT2D eigenvalue weighted by Crippen LogP contribution is -2.21. The number of hydrogen-bond acceptors (Lipinski definition) is 4. The predicted octanol–water partition coefficient (Wildman–Crippen LogP) is 3.88. The van der Waals surface area contributed by atoms with Gasteiger partial charge in [-0.05, 0) is 32.0 Å². The van der Waals surface area contributed by atoms with Crippen molar-refractivity contribution >= 4 is 22.5 Å². The first-order valence-electron chi connectivity index (χ1n) is 8.39. The first-order valence-corrected chi connectivity index (χ1v) is 8.39. The van der Waals surface area contributed by atoms with Crippen LogP contribution in [0.15, 0.2) is 42.5 Å². The summed E-state index contributed by atoms with van der Waals surface area (Å²) in [5.41, 5.74) is 6.13. The van der Waals surface area contributed by atoms with E-state index in [-0.39, 0.29) is 5.78 Å². The summed E-state index contributed by atoms with van der Waals surface area (Å²) < 4.78 is 0. The molecule has 0 N–H and O–H groups in total. The third-order valence-electron chi connectivity index (χ3n) is 4.66. The van der Waals surface area contributed by atoms with Gasteiger partial charge >= 0.3 is 0 Å². The molecular formula is C20H19N3O. The smallest absolute Gasteiger partial charge is 0.169 e. The maximum Gasteiger partial charge on any atom is 0.169 e. The molecule has 0 aliphatic heterocycles. The molecule has 0 unspecified atom stereocenters. The number of rotatable bonds is 3. The van der Waals surface area contributed by atoms with Gasteiger partial charge in [0.15, 0.2) is 5.78 Å². The van der Waals surface area contributed by atoms with Crippen LogP contribution in [0.25, 0.3) is 22.3 Å². The number of benzene rings is 2. The number of carbonyl (C=O) groups excluding carboxylic acids is 1. The van der Waals surface area contributed by atoms with E-state index in [1.807, 2.05) is 30.3 Å². The number of anilines is 1. The molecule has 1 heterocycles. The number of aromatic nitrogens is 2. The van der Waals surface area contributed by atoms with Gasteiger partial charge in [0, 0.05) is 29.9 Å². The lowest BCUT2D eigenvalue weighted by molar-refractivity contribution is 0.0990. The van der Waals surface area contributed by atoms with Gasteiger partial charge in [0.2, 0.25) is 0 Å². The van der Waals surface area contributed by atoms with E-state index >= 15 is 0 Å². The van der Waals surface area contributed by atoms with Crippen molar-refractivity contribution in [3.63, 3.8) is 0 Å². The Morgan fingerprint density at radius 1 is 0.958 bits per heavy atom. The molecule has 0 atom stereocenters. The van der Waals surface area contributed by atoms with Gasteiger partial charge in [0.1, 0.15) is 0 Å². The van der Waals surface area contributed by atoms with Crippen LogP contribution in [0, 0.1) is 0 Å². The van der Waals surface area contributed by atoms with Gasteiger partial charge in [-0.25, -0.2) is 9.97 Å². The monoisotopic (exact) mass is 317 g/mol. The van der Waals surface area contributed by atoms with Crippen LogP contribution < -0.4 is 4.90 Å². The molecule has 0 spiro atoms. The average molecular weight is 317 g/mol. The number of carbonyl (C=O) groups is 1. The lowest BCUT2D eigenvalue weighted by Gasteiger charge is -2.22. The van der Waals surface area contributed by atoms with Crippen LogP contribution in [0.1, 0.15) is 29.9 Å². The molecule has 0 saturated heterocycles. The van der Waals surface area contributed by atoms with E-state index in [9.17, 15) is 4.79 Å². The third kappa shape index (κ3) is 2.26. The van der Waals surface area contributed by atoms with Crippen molar-refractivity contribution in [3.8, 4) is 11.3 Å². The van der Waals surface area contributed by atoms with Crippen LogP contribution in [-0.4, -0.2) is 28.8 Å². The summed E-state index contributed by atoms with van der Waals surface area (Å²) in [5.74, 6) is 0.117. The lowest BCUT2D eigenvalue weighted by atomic mass is 9.90. The van der Waals surface area contributed by atoms with Crippen molar-refractivity contribution in [2.24, 2.45) is 0 Å².